The van der Waals surface area contributed by atoms with Crippen LogP contribution < -0.4 is 9.64 Å². The quantitative estimate of drug-likeness (QED) is 0.417. The Labute approximate surface area is 194 Å². The van der Waals surface area contributed by atoms with E-state index in [4.69, 9.17) is 9.72 Å². The lowest BCUT2D eigenvalue weighted by Gasteiger charge is -2.35. The Kier molecular flexibility index (Phi) is 6.26. The number of anilines is 1. The molecule has 3 aromatic carbocycles. The standard InChI is InChI=1S/C27H29FN4O/c1-33-24-12-8-21(9-13-24)14-15-30-16-18-31(19-17-30)27-29-25-4-2-3-5-26(25)32(27)20-22-6-10-23(28)11-7-22/h2-13H,14-20H2,1H3. The molecule has 1 aliphatic rings. The van der Waals surface area contributed by atoms with Crippen LogP contribution in [0.1, 0.15) is 11.1 Å². The number of nitrogens with zero attached hydrogens (tertiary/aromatic N) is 4. The summed E-state index contributed by atoms with van der Waals surface area (Å²) >= 11 is 0. The third-order valence-electron chi connectivity index (χ3n) is 6.42. The second-order valence-electron chi connectivity index (χ2n) is 8.54. The fourth-order valence-corrected chi connectivity index (χ4v) is 4.48. The van der Waals surface area contributed by atoms with Crippen LogP contribution in [0, 0.1) is 5.82 Å². The van der Waals surface area contributed by atoms with Gasteiger partial charge in [-0.15, -0.1) is 0 Å². The molecule has 0 saturated carbocycles. The summed E-state index contributed by atoms with van der Waals surface area (Å²) in [4.78, 5) is 9.87. The number of piperazine rings is 1. The van der Waals surface area contributed by atoms with Crippen LogP contribution in [-0.4, -0.2) is 54.3 Å². The molecule has 1 aromatic heterocycles. The van der Waals surface area contributed by atoms with E-state index in [9.17, 15) is 4.39 Å². The summed E-state index contributed by atoms with van der Waals surface area (Å²) in [6.45, 7) is 5.62. The number of benzene rings is 3. The van der Waals surface area contributed by atoms with Crippen LogP contribution in [0.5, 0.6) is 5.75 Å². The number of ether oxygens (including phenoxy) is 1. The first-order chi connectivity index (χ1) is 16.2. The normalized spacial score (nSPS) is 14.7. The van der Waals surface area contributed by atoms with Crippen LogP contribution in [0.25, 0.3) is 11.0 Å². The highest BCUT2D eigenvalue weighted by Crippen LogP contribution is 2.25. The summed E-state index contributed by atoms with van der Waals surface area (Å²) in [5.74, 6) is 1.69. The van der Waals surface area contributed by atoms with E-state index in [-0.39, 0.29) is 5.82 Å². The molecule has 1 fully saturated rings. The Hall–Kier alpha value is -3.38. The van der Waals surface area contributed by atoms with Crippen molar-refractivity contribution < 1.29 is 9.13 Å². The molecule has 170 valence electrons. The Balaban J connectivity index is 1.27. The maximum Gasteiger partial charge on any atom is 0.206 e. The largest absolute Gasteiger partial charge is 0.497 e. The van der Waals surface area contributed by atoms with E-state index in [0.717, 1.165) is 67.4 Å². The van der Waals surface area contributed by atoms with E-state index in [0.29, 0.717) is 6.54 Å². The minimum Gasteiger partial charge on any atom is -0.497 e. The molecule has 0 radical (unpaired) electrons. The SMILES string of the molecule is COc1ccc(CCN2CCN(c3nc4ccccc4n3Cc3ccc(F)cc3)CC2)cc1. The predicted molar refractivity (Wildman–Crippen MR) is 131 cm³/mol. The maximum atomic E-state index is 13.4. The molecule has 6 heteroatoms. The van der Waals surface area contributed by atoms with Gasteiger partial charge in [-0.2, -0.15) is 0 Å². The number of hydrogen-bond acceptors (Lipinski definition) is 4. The molecule has 0 atom stereocenters. The van der Waals surface area contributed by atoms with E-state index in [2.05, 4.69) is 38.6 Å². The van der Waals surface area contributed by atoms with Gasteiger partial charge in [-0.3, -0.25) is 4.90 Å². The van der Waals surface area contributed by atoms with E-state index in [1.54, 1.807) is 7.11 Å². The van der Waals surface area contributed by atoms with Crippen molar-refractivity contribution in [3.8, 4) is 5.75 Å². The van der Waals surface area contributed by atoms with Gasteiger partial charge in [0.05, 0.1) is 24.7 Å². The predicted octanol–water partition coefficient (Wildman–Crippen LogP) is 4.60. The molecule has 0 N–H and O–H groups in total. The summed E-state index contributed by atoms with van der Waals surface area (Å²) in [7, 11) is 1.70. The molecule has 1 aliphatic heterocycles. The highest BCUT2D eigenvalue weighted by atomic mass is 19.1. The fourth-order valence-electron chi connectivity index (χ4n) is 4.48. The Morgan fingerprint density at radius 1 is 0.848 bits per heavy atom. The van der Waals surface area contributed by atoms with Crippen molar-refractivity contribution in [3.63, 3.8) is 0 Å². The number of rotatable bonds is 7. The zero-order chi connectivity index (χ0) is 22.6. The van der Waals surface area contributed by atoms with Gasteiger partial charge in [0.15, 0.2) is 0 Å². The third kappa shape index (κ3) is 4.86. The summed E-state index contributed by atoms with van der Waals surface area (Å²) in [6.07, 6.45) is 1.03. The zero-order valence-electron chi connectivity index (χ0n) is 19.0. The van der Waals surface area contributed by atoms with Gasteiger partial charge in [-0.1, -0.05) is 36.4 Å². The Morgan fingerprint density at radius 3 is 2.27 bits per heavy atom. The Bertz CT molecular complexity index is 1200. The smallest absolute Gasteiger partial charge is 0.206 e. The van der Waals surface area contributed by atoms with Crippen LogP contribution in [0.15, 0.2) is 72.8 Å². The van der Waals surface area contributed by atoms with Crippen molar-refractivity contribution in [3.05, 3.63) is 89.7 Å². The maximum absolute atomic E-state index is 13.4. The number of fused-ring (bicyclic) bond motifs is 1. The minimum absolute atomic E-state index is 0.208. The summed E-state index contributed by atoms with van der Waals surface area (Å²) in [5.41, 5.74) is 4.51. The van der Waals surface area contributed by atoms with Gasteiger partial charge >= 0.3 is 0 Å². The van der Waals surface area contributed by atoms with Gasteiger partial charge in [0.2, 0.25) is 5.95 Å². The van der Waals surface area contributed by atoms with Gasteiger partial charge in [0.25, 0.3) is 0 Å². The molecule has 5 rings (SSSR count). The van der Waals surface area contributed by atoms with Gasteiger partial charge in [0, 0.05) is 32.7 Å². The van der Waals surface area contributed by atoms with E-state index < -0.39 is 0 Å². The molecule has 0 spiro atoms. The van der Waals surface area contributed by atoms with E-state index in [1.807, 2.05) is 36.4 Å². The van der Waals surface area contributed by atoms with Crippen LogP contribution in [0.3, 0.4) is 0 Å². The van der Waals surface area contributed by atoms with Crippen LogP contribution in [0.2, 0.25) is 0 Å². The van der Waals surface area contributed by atoms with Crippen molar-refractivity contribution >= 4 is 17.0 Å². The monoisotopic (exact) mass is 444 g/mol. The summed E-state index contributed by atoms with van der Waals surface area (Å²) in [5, 5.41) is 0. The first kappa shape index (κ1) is 21.5. The number of imidazole rings is 1. The number of methoxy groups -OCH3 is 1. The van der Waals surface area contributed by atoms with Crippen LogP contribution in [-0.2, 0) is 13.0 Å². The highest BCUT2D eigenvalue weighted by Gasteiger charge is 2.22. The van der Waals surface area contributed by atoms with Gasteiger partial charge in [0.1, 0.15) is 11.6 Å². The van der Waals surface area contributed by atoms with Crippen LogP contribution >= 0.6 is 0 Å². The number of halogens is 1. The first-order valence-corrected chi connectivity index (χ1v) is 11.5. The average Bonchev–Trinajstić information content (AvgIpc) is 3.23. The molecule has 0 unspecified atom stereocenters. The van der Waals surface area contributed by atoms with Crippen LogP contribution in [0.4, 0.5) is 10.3 Å². The molecule has 5 nitrogen and oxygen atoms in total. The molecular formula is C27H29FN4O. The molecule has 2 heterocycles. The first-order valence-electron chi connectivity index (χ1n) is 11.5. The second kappa shape index (κ2) is 9.63. The van der Waals surface area contributed by atoms with E-state index in [1.165, 1.54) is 17.7 Å². The Morgan fingerprint density at radius 2 is 1.55 bits per heavy atom. The molecule has 0 amide bonds. The lowest BCUT2D eigenvalue weighted by atomic mass is 10.1. The van der Waals surface area contributed by atoms with Crippen molar-refractivity contribution in [1.29, 1.82) is 0 Å². The van der Waals surface area contributed by atoms with Crippen molar-refractivity contribution in [2.45, 2.75) is 13.0 Å². The zero-order valence-corrected chi connectivity index (χ0v) is 19.0. The van der Waals surface area contributed by atoms with Crippen molar-refractivity contribution in [1.82, 2.24) is 14.5 Å². The summed E-state index contributed by atoms with van der Waals surface area (Å²) < 4.78 is 20.9. The number of aromatic nitrogens is 2. The number of hydrogen-bond donors (Lipinski definition) is 0. The topological polar surface area (TPSA) is 33.5 Å². The lowest BCUT2D eigenvalue weighted by Crippen LogP contribution is -2.47. The van der Waals surface area contributed by atoms with Gasteiger partial charge < -0.3 is 14.2 Å². The molecule has 4 aromatic rings. The average molecular weight is 445 g/mol. The lowest BCUT2D eigenvalue weighted by molar-refractivity contribution is 0.259. The third-order valence-corrected chi connectivity index (χ3v) is 6.42. The molecule has 0 aliphatic carbocycles. The van der Waals surface area contributed by atoms with Gasteiger partial charge in [-0.25, -0.2) is 9.37 Å². The highest BCUT2D eigenvalue weighted by molar-refractivity contribution is 5.79. The van der Waals surface area contributed by atoms with Crippen molar-refractivity contribution in [2.24, 2.45) is 0 Å². The van der Waals surface area contributed by atoms with Gasteiger partial charge in [-0.05, 0) is 53.9 Å². The molecule has 0 bridgehead atoms. The molecular weight excluding hydrogens is 415 g/mol. The number of para-hydroxylation sites is 2. The summed E-state index contributed by atoms with van der Waals surface area (Å²) in [6, 6.07) is 23.3. The second-order valence-corrected chi connectivity index (χ2v) is 8.54. The molecule has 1 saturated heterocycles. The minimum atomic E-state index is -0.208. The molecule has 33 heavy (non-hydrogen) atoms. The van der Waals surface area contributed by atoms with Crippen molar-refractivity contribution in [2.75, 3.05) is 44.7 Å². The van der Waals surface area contributed by atoms with E-state index >= 15 is 0 Å². The fraction of sp³-hybridized carbons (Fsp3) is 0.296.